The van der Waals surface area contributed by atoms with E-state index in [0.29, 0.717) is 6.54 Å². The Balaban J connectivity index is 3.60. The number of hydrogen-bond donors (Lipinski definition) is 2. The van der Waals surface area contributed by atoms with Gasteiger partial charge in [-0.2, -0.15) is 0 Å². The third-order valence-corrected chi connectivity index (χ3v) is 1.28. The van der Waals surface area contributed by atoms with Gasteiger partial charge >= 0.3 is 0 Å². The van der Waals surface area contributed by atoms with Crippen LogP contribution in [0.2, 0.25) is 0 Å². The van der Waals surface area contributed by atoms with Crippen molar-refractivity contribution in [3.8, 4) is 11.8 Å². The van der Waals surface area contributed by atoms with Crippen molar-refractivity contribution >= 4 is 0 Å². The van der Waals surface area contributed by atoms with Gasteiger partial charge in [-0.1, -0.05) is 11.8 Å². The van der Waals surface area contributed by atoms with Gasteiger partial charge in [-0.25, -0.2) is 0 Å². The molecule has 0 fully saturated rings. The molecule has 0 aliphatic carbocycles. The number of hydrogen-bond acceptors (Lipinski definition) is 2. The van der Waals surface area contributed by atoms with Crippen molar-refractivity contribution in [1.82, 2.24) is 5.32 Å². The SMILES string of the molecule is CC(CO)NCC#CC(C)(C)C. The molecule has 1 unspecified atom stereocenters. The Kier molecular flexibility index (Phi) is 4.96. The first kappa shape index (κ1) is 11.5. The van der Waals surface area contributed by atoms with Crippen molar-refractivity contribution in [1.29, 1.82) is 0 Å². The number of nitrogens with one attached hydrogen (secondary N) is 1. The van der Waals surface area contributed by atoms with Crippen LogP contribution in [-0.2, 0) is 0 Å². The first-order valence-electron chi connectivity index (χ1n) is 4.30. The molecule has 0 aliphatic heterocycles. The van der Waals surface area contributed by atoms with Crippen molar-refractivity contribution in [3.63, 3.8) is 0 Å². The van der Waals surface area contributed by atoms with Crippen LogP contribution in [0.1, 0.15) is 27.7 Å². The van der Waals surface area contributed by atoms with Gasteiger partial charge in [-0.3, -0.25) is 0 Å². The Morgan fingerprint density at radius 1 is 1.42 bits per heavy atom. The maximum absolute atomic E-state index is 8.68. The molecule has 12 heavy (non-hydrogen) atoms. The van der Waals surface area contributed by atoms with Crippen molar-refractivity contribution in [2.45, 2.75) is 33.7 Å². The topological polar surface area (TPSA) is 32.3 Å². The van der Waals surface area contributed by atoms with Crippen LogP contribution in [0.15, 0.2) is 0 Å². The summed E-state index contributed by atoms with van der Waals surface area (Å²) in [6.45, 7) is 8.98. The molecule has 0 aliphatic rings. The van der Waals surface area contributed by atoms with Crippen LogP contribution in [0.25, 0.3) is 0 Å². The summed E-state index contributed by atoms with van der Waals surface area (Å²) in [5.74, 6) is 6.13. The van der Waals surface area contributed by atoms with Crippen LogP contribution in [0.5, 0.6) is 0 Å². The summed E-state index contributed by atoms with van der Waals surface area (Å²) in [4.78, 5) is 0. The molecule has 0 spiro atoms. The molecule has 1 atom stereocenters. The molecule has 0 heterocycles. The molecule has 0 amide bonds. The monoisotopic (exact) mass is 169 g/mol. The van der Waals surface area contributed by atoms with E-state index in [9.17, 15) is 0 Å². The van der Waals surface area contributed by atoms with E-state index in [-0.39, 0.29) is 18.1 Å². The summed E-state index contributed by atoms with van der Waals surface area (Å²) in [7, 11) is 0. The van der Waals surface area contributed by atoms with Crippen molar-refractivity contribution in [3.05, 3.63) is 0 Å². The van der Waals surface area contributed by atoms with Gasteiger partial charge in [0.05, 0.1) is 13.2 Å². The molecule has 0 saturated heterocycles. The van der Waals surface area contributed by atoms with E-state index >= 15 is 0 Å². The van der Waals surface area contributed by atoms with Gasteiger partial charge in [0.15, 0.2) is 0 Å². The highest BCUT2D eigenvalue weighted by Gasteiger charge is 2.02. The first-order chi connectivity index (χ1) is 5.45. The molecule has 0 saturated carbocycles. The van der Waals surface area contributed by atoms with Gasteiger partial charge in [0.2, 0.25) is 0 Å². The van der Waals surface area contributed by atoms with Gasteiger partial charge in [0.1, 0.15) is 0 Å². The molecule has 0 bridgehead atoms. The predicted molar refractivity (Wildman–Crippen MR) is 51.8 cm³/mol. The van der Waals surface area contributed by atoms with Gasteiger partial charge in [0, 0.05) is 11.5 Å². The molecule has 0 aromatic carbocycles. The molecule has 0 aromatic heterocycles. The highest BCUT2D eigenvalue weighted by molar-refractivity contribution is 5.08. The number of rotatable bonds is 3. The molecular weight excluding hydrogens is 150 g/mol. The second-order valence-corrected chi connectivity index (χ2v) is 4.02. The van der Waals surface area contributed by atoms with Gasteiger partial charge in [0.25, 0.3) is 0 Å². The zero-order chi connectivity index (χ0) is 9.61. The average Bonchev–Trinajstić information content (AvgIpc) is 1.96. The van der Waals surface area contributed by atoms with Crippen LogP contribution in [0, 0.1) is 17.3 Å². The lowest BCUT2D eigenvalue weighted by Gasteiger charge is -2.08. The third kappa shape index (κ3) is 7.59. The van der Waals surface area contributed by atoms with Crippen LogP contribution >= 0.6 is 0 Å². The van der Waals surface area contributed by atoms with Gasteiger partial charge < -0.3 is 10.4 Å². The van der Waals surface area contributed by atoms with E-state index in [0.717, 1.165) is 0 Å². The van der Waals surface area contributed by atoms with E-state index in [1.54, 1.807) is 0 Å². The van der Waals surface area contributed by atoms with E-state index in [1.807, 2.05) is 6.92 Å². The van der Waals surface area contributed by atoms with E-state index < -0.39 is 0 Å². The van der Waals surface area contributed by atoms with Crippen LogP contribution < -0.4 is 5.32 Å². The summed E-state index contributed by atoms with van der Waals surface area (Å²) in [6.07, 6.45) is 0. The van der Waals surface area contributed by atoms with Crippen LogP contribution in [0.4, 0.5) is 0 Å². The van der Waals surface area contributed by atoms with E-state index in [2.05, 4.69) is 37.9 Å². The van der Waals surface area contributed by atoms with Gasteiger partial charge in [-0.05, 0) is 27.7 Å². The largest absolute Gasteiger partial charge is 0.395 e. The lowest BCUT2D eigenvalue weighted by molar-refractivity contribution is 0.255. The highest BCUT2D eigenvalue weighted by Crippen LogP contribution is 2.09. The molecule has 2 heteroatoms. The lowest BCUT2D eigenvalue weighted by atomic mass is 9.98. The molecule has 0 radical (unpaired) electrons. The quantitative estimate of drug-likeness (QED) is 0.618. The Morgan fingerprint density at radius 2 is 2.00 bits per heavy atom. The fourth-order valence-electron chi connectivity index (χ4n) is 0.599. The lowest BCUT2D eigenvalue weighted by Crippen LogP contribution is -2.29. The summed E-state index contributed by atoms with van der Waals surface area (Å²) >= 11 is 0. The summed E-state index contributed by atoms with van der Waals surface area (Å²) in [5, 5.41) is 11.8. The normalized spacial score (nSPS) is 13.4. The van der Waals surface area contributed by atoms with Crippen molar-refractivity contribution < 1.29 is 5.11 Å². The van der Waals surface area contributed by atoms with Crippen LogP contribution in [-0.4, -0.2) is 24.3 Å². The Labute approximate surface area is 75.4 Å². The average molecular weight is 169 g/mol. The smallest absolute Gasteiger partial charge is 0.0582 e. The molecule has 0 rings (SSSR count). The van der Waals surface area contributed by atoms with E-state index in [1.165, 1.54) is 0 Å². The predicted octanol–water partition coefficient (Wildman–Crippen LogP) is 1.01. The second kappa shape index (κ2) is 5.18. The summed E-state index contributed by atoms with van der Waals surface area (Å²) < 4.78 is 0. The van der Waals surface area contributed by atoms with E-state index in [4.69, 9.17) is 5.11 Å². The maximum Gasteiger partial charge on any atom is 0.0582 e. The van der Waals surface area contributed by atoms with Gasteiger partial charge in [-0.15, -0.1) is 0 Å². The fourth-order valence-corrected chi connectivity index (χ4v) is 0.599. The highest BCUT2D eigenvalue weighted by atomic mass is 16.3. The number of aliphatic hydroxyl groups excluding tert-OH is 1. The minimum Gasteiger partial charge on any atom is -0.395 e. The third-order valence-electron chi connectivity index (χ3n) is 1.28. The zero-order valence-electron chi connectivity index (χ0n) is 8.44. The molecule has 2 nitrogen and oxygen atoms in total. The second-order valence-electron chi connectivity index (χ2n) is 4.02. The summed E-state index contributed by atoms with van der Waals surface area (Å²) in [6, 6.07) is 0.138. The standard InChI is InChI=1S/C10H19NO/c1-9(8-12)11-7-5-6-10(2,3)4/h9,11-12H,7-8H2,1-4H3. The van der Waals surface area contributed by atoms with Crippen molar-refractivity contribution in [2.24, 2.45) is 5.41 Å². The summed E-state index contributed by atoms with van der Waals surface area (Å²) in [5.41, 5.74) is 0.0735. The molecular formula is C10H19NO. The fraction of sp³-hybridized carbons (Fsp3) is 0.800. The van der Waals surface area contributed by atoms with Crippen molar-refractivity contribution in [2.75, 3.05) is 13.2 Å². The van der Waals surface area contributed by atoms with Crippen LogP contribution in [0.3, 0.4) is 0 Å². The minimum atomic E-state index is 0.0735. The molecule has 0 aromatic rings. The Morgan fingerprint density at radius 3 is 2.42 bits per heavy atom. The first-order valence-corrected chi connectivity index (χ1v) is 4.30. The Hall–Kier alpha value is -0.520. The minimum absolute atomic E-state index is 0.0735. The molecule has 70 valence electrons. The zero-order valence-corrected chi connectivity index (χ0v) is 8.44. The number of aliphatic hydroxyl groups is 1. The Bertz CT molecular complexity index is 171. The maximum atomic E-state index is 8.68. The molecule has 2 N–H and O–H groups in total.